The van der Waals surface area contributed by atoms with Gasteiger partial charge in [0, 0.05) is 17.1 Å². The summed E-state index contributed by atoms with van der Waals surface area (Å²) in [5.41, 5.74) is 22.9. The topological polar surface area (TPSA) is 3.24 Å². The largest absolute Gasteiger partial charge is 0.310 e. The molecule has 0 fully saturated rings. The van der Waals surface area contributed by atoms with Gasteiger partial charge < -0.3 is 4.90 Å². The van der Waals surface area contributed by atoms with E-state index in [9.17, 15) is 0 Å². The van der Waals surface area contributed by atoms with Gasteiger partial charge in [-0.3, -0.25) is 0 Å². The van der Waals surface area contributed by atoms with Gasteiger partial charge in [0.15, 0.2) is 0 Å². The molecule has 312 valence electrons. The summed E-state index contributed by atoms with van der Waals surface area (Å²) in [4.78, 5) is 2.50. The van der Waals surface area contributed by atoms with Crippen molar-refractivity contribution in [1.82, 2.24) is 0 Å². The summed E-state index contributed by atoms with van der Waals surface area (Å²) in [7, 11) is 0. The highest BCUT2D eigenvalue weighted by molar-refractivity contribution is 6.07. The first-order valence-corrected chi connectivity index (χ1v) is 23.4. The molecule has 0 atom stereocenters. The molecule has 14 rings (SSSR count). The number of anilines is 3. The van der Waals surface area contributed by atoms with Crippen LogP contribution in [0.5, 0.6) is 0 Å². The van der Waals surface area contributed by atoms with Crippen molar-refractivity contribution < 1.29 is 0 Å². The summed E-state index contributed by atoms with van der Waals surface area (Å²) in [5.74, 6) is 0. The predicted octanol–water partition coefficient (Wildman–Crippen LogP) is 16.7. The average molecular weight is 850 g/mol. The smallest absolute Gasteiger partial charge is 0.0726 e. The van der Waals surface area contributed by atoms with Crippen molar-refractivity contribution in [2.75, 3.05) is 4.90 Å². The Morgan fingerprint density at radius 3 is 1.28 bits per heavy atom. The van der Waals surface area contributed by atoms with Gasteiger partial charge in [-0.1, -0.05) is 224 Å². The minimum absolute atomic E-state index is 0.504. The van der Waals surface area contributed by atoms with Crippen molar-refractivity contribution in [3.05, 3.63) is 305 Å². The lowest BCUT2D eigenvalue weighted by molar-refractivity contribution is 0.768. The first-order chi connectivity index (χ1) is 33.2. The minimum Gasteiger partial charge on any atom is -0.310 e. The molecule has 0 bridgehead atoms. The van der Waals surface area contributed by atoms with Gasteiger partial charge in [-0.25, -0.2) is 0 Å². The van der Waals surface area contributed by atoms with E-state index in [1.807, 2.05) is 0 Å². The van der Waals surface area contributed by atoms with E-state index in [1.165, 1.54) is 99.8 Å². The quantitative estimate of drug-likeness (QED) is 0.161. The molecule has 0 aromatic heterocycles. The predicted molar refractivity (Wildman–Crippen MR) is 278 cm³/mol. The monoisotopic (exact) mass is 849 g/mol. The van der Waals surface area contributed by atoms with Crippen molar-refractivity contribution in [3.8, 4) is 44.5 Å². The molecule has 11 aromatic carbocycles. The molecule has 11 aromatic rings. The van der Waals surface area contributed by atoms with Gasteiger partial charge >= 0.3 is 0 Å². The molecule has 1 spiro atoms. The van der Waals surface area contributed by atoms with E-state index in [2.05, 4.69) is 266 Å². The molecule has 0 radical (unpaired) electrons. The third kappa shape index (κ3) is 5.20. The van der Waals surface area contributed by atoms with Gasteiger partial charge in [0.2, 0.25) is 0 Å². The van der Waals surface area contributed by atoms with Gasteiger partial charge in [-0.05, 0) is 136 Å². The average Bonchev–Trinajstić information content (AvgIpc) is 4.00. The molecule has 0 aliphatic heterocycles. The number of fused-ring (bicyclic) bond motifs is 15. The second-order valence-corrected chi connectivity index (χ2v) is 18.3. The highest BCUT2D eigenvalue weighted by Crippen LogP contribution is 2.65. The van der Waals surface area contributed by atoms with Crippen LogP contribution in [0.15, 0.2) is 261 Å². The molecular weight excluding hydrogens is 807 g/mol. The standard InChI is InChI=1S/C66H43N/c1-4-18-44(19-5-1)45-32-35-49(36-33-45)67(50-37-39-56-55-28-12-15-29-58(55)65(62(56)42-50,47-21-6-2-7-22-47)48-23-8-3-9-24-48)51-38-40-57-63(43-51)66(61-41-34-46-20-10-11-25-52(46)64(57)61)59-30-16-13-26-53(59)54-27-14-17-31-60(54)66/h1-43H. The Morgan fingerprint density at radius 2 is 0.687 bits per heavy atom. The van der Waals surface area contributed by atoms with Crippen LogP contribution in [-0.4, -0.2) is 0 Å². The Morgan fingerprint density at radius 1 is 0.254 bits per heavy atom. The number of rotatable bonds is 6. The molecule has 0 N–H and O–H groups in total. The summed E-state index contributed by atoms with van der Waals surface area (Å²) in [5, 5.41) is 2.55. The lowest BCUT2D eigenvalue weighted by atomic mass is 9.67. The third-order valence-corrected chi connectivity index (χ3v) is 15.2. The van der Waals surface area contributed by atoms with Crippen molar-refractivity contribution in [2.45, 2.75) is 10.8 Å². The zero-order valence-electron chi connectivity index (χ0n) is 36.8. The molecule has 67 heavy (non-hydrogen) atoms. The molecule has 1 nitrogen and oxygen atoms in total. The summed E-state index contributed by atoms with van der Waals surface area (Å²) < 4.78 is 0. The zero-order chi connectivity index (χ0) is 44.1. The summed E-state index contributed by atoms with van der Waals surface area (Å²) in [6.45, 7) is 0. The number of hydrogen-bond donors (Lipinski definition) is 0. The van der Waals surface area contributed by atoms with Crippen LogP contribution in [0.3, 0.4) is 0 Å². The highest BCUT2D eigenvalue weighted by atomic mass is 15.1. The number of nitrogens with zero attached hydrogens (tertiary/aromatic N) is 1. The third-order valence-electron chi connectivity index (χ3n) is 15.2. The van der Waals surface area contributed by atoms with Gasteiger partial charge in [0.25, 0.3) is 0 Å². The van der Waals surface area contributed by atoms with Crippen molar-refractivity contribution in [2.24, 2.45) is 0 Å². The molecular formula is C66H43N. The van der Waals surface area contributed by atoms with Crippen LogP contribution in [0.4, 0.5) is 17.1 Å². The Hall–Kier alpha value is -8.52. The Kier molecular flexibility index (Phi) is 8.18. The van der Waals surface area contributed by atoms with Gasteiger partial charge in [-0.2, -0.15) is 0 Å². The Labute approximate surface area is 391 Å². The molecule has 3 aliphatic carbocycles. The van der Waals surface area contributed by atoms with E-state index in [0.717, 1.165) is 17.1 Å². The maximum atomic E-state index is 2.53. The van der Waals surface area contributed by atoms with Crippen LogP contribution in [-0.2, 0) is 10.8 Å². The lowest BCUT2D eigenvalue weighted by Crippen LogP contribution is -2.28. The molecule has 0 saturated carbocycles. The lowest BCUT2D eigenvalue weighted by Gasteiger charge is -2.35. The zero-order valence-corrected chi connectivity index (χ0v) is 36.8. The molecule has 0 saturated heterocycles. The van der Waals surface area contributed by atoms with Crippen LogP contribution in [0.2, 0.25) is 0 Å². The normalized spacial score (nSPS) is 13.9. The summed E-state index contributed by atoms with van der Waals surface area (Å²) >= 11 is 0. The highest BCUT2D eigenvalue weighted by Gasteiger charge is 2.52. The van der Waals surface area contributed by atoms with E-state index in [4.69, 9.17) is 0 Å². The van der Waals surface area contributed by atoms with Gasteiger partial charge in [0.05, 0.1) is 10.8 Å². The maximum absolute atomic E-state index is 2.53. The van der Waals surface area contributed by atoms with Crippen molar-refractivity contribution >= 4 is 27.8 Å². The van der Waals surface area contributed by atoms with Crippen molar-refractivity contribution in [3.63, 3.8) is 0 Å². The molecule has 3 aliphatic rings. The Bertz CT molecular complexity index is 3650. The van der Waals surface area contributed by atoms with Crippen LogP contribution >= 0.6 is 0 Å². The molecule has 0 amide bonds. The second-order valence-electron chi connectivity index (χ2n) is 18.3. The molecule has 0 heterocycles. The van der Waals surface area contributed by atoms with Gasteiger partial charge in [-0.15, -0.1) is 0 Å². The molecule has 1 heteroatoms. The van der Waals surface area contributed by atoms with E-state index < -0.39 is 10.8 Å². The fourth-order valence-electron chi connectivity index (χ4n) is 12.5. The summed E-state index contributed by atoms with van der Waals surface area (Å²) in [6, 6.07) is 97.6. The second kappa shape index (κ2) is 14.5. The fourth-order valence-corrected chi connectivity index (χ4v) is 12.5. The SMILES string of the molecule is c1ccc(-c2ccc(N(c3ccc4c(c3)C(c3ccccc3)(c3ccccc3)c3ccccc3-4)c3ccc4c(c3)C3(c5ccccc5-c5ccccc53)c3ccc5ccccc5c3-4)cc2)cc1. The number of benzene rings is 11. The van der Waals surface area contributed by atoms with E-state index >= 15 is 0 Å². The van der Waals surface area contributed by atoms with Crippen LogP contribution < -0.4 is 4.90 Å². The number of hydrogen-bond acceptors (Lipinski definition) is 1. The fraction of sp³-hybridized carbons (Fsp3) is 0.0303. The Balaban J connectivity index is 1.05. The van der Waals surface area contributed by atoms with Crippen LogP contribution in [0.1, 0.15) is 44.5 Å². The minimum atomic E-state index is -0.532. The van der Waals surface area contributed by atoms with Gasteiger partial charge in [0.1, 0.15) is 0 Å². The summed E-state index contributed by atoms with van der Waals surface area (Å²) in [6.07, 6.45) is 0. The van der Waals surface area contributed by atoms with Crippen molar-refractivity contribution in [1.29, 1.82) is 0 Å². The maximum Gasteiger partial charge on any atom is 0.0726 e. The first-order valence-electron chi connectivity index (χ1n) is 23.4. The van der Waals surface area contributed by atoms with E-state index in [1.54, 1.807) is 0 Å². The first kappa shape index (κ1) is 37.8. The van der Waals surface area contributed by atoms with Crippen LogP contribution in [0, 0.1) is 0 Å². The molecule has 0 unspecified atom stereocenters. The van der Waals surface area contributed by atoms with E-state index in [-0.39, 0.29) is 0 Å². The van der Waals surface area contributed by atoms with E-state index in [0.29, 0.717) is 0 Å². The van der Waals surface area contributed by atoms with Crippen LogP contribution in [0.25, 0.3) is 55.3 Å².